The first-order valence-electron chi connectivity index (χ1n) is 11.4. The van der Waals surface area contributed by atoms with Crippen LogP contribution in [0, 0.1) is 6.92 Å². The summed E-state index contributed by atoms with van der Waals surface area (Å²) in [6.07, 6.45) is 3.39. The number of rotatable bonds is 5. The number of aliphatic hydroxyl groups is 2. The summed E-state index contributed by atoms with van der Waals surface area (Å²) in [6, 6.07) is 7.93. The number of benzene rings is 1. The molecule has 2 aromatic rings. The molecule has 1 aromatic heterocycles. The Bertz CT molecular complexity index is 810. The van der Waals surface area contributed by atoms with Crippen LogP contribution in [0.25, 0.3) is 0 Å². The van der Waals surface area contributed by atoms with Crippen LogP contribution in [0.15, 0.2) is 30.5 Å². The Morgan fingerprint density at radius 3 is 2.81 bits per heavy atom. The maximum atomic E-state index is 10.8. The first-order chi connectivity index (χ1) is 15.0. The molecule has 3 atom stereocenters. The fourth-order valence-electron chi connectivity index (χ4n) is 4.15. The molecule has 0 fully saturated rings. The molecule has 1 aromatic carbocycles. The van der Waals surface area contributed by atoms with Gasteiger partial charge in [-0.3, -0.25) is 9.58 Å². The SMILES string of the molecule is CCCn1ncc(CN2CCCCc3ccccc3OC[C@@H](O)[C@@H](O)[C@@H](OC)C2)c1C. The molecular weight excluding hydrogens is 394 g/mol. The number of aliphatic hydroxyl groups excluding tert-OH is 2. The first-order valence-corrected chi connectivity index (χ1v) is 11.4. The number of fused-ring (bicyclic) bond motifs is 1. The molecule has 0 bridgehead atoms. The van der Waals surface area contributed by atoms with Crippen molar-refractivity contribution in [2.45, 2.75) is 70.9 Å². The van der Waals surface area contributed by atoms with Crippen LogP contribution < -0.4 is 4.74 Å². The van der Waals surface area contributed by atoms with Gasteiger partial charge in [0.2, 0.25) is 0 Å². The van der Waals surface area contributed by atoms with Gasteiger partial charge in [-0.15, -0.1) is 0 Å². The average molecular weight is 432 g/mol. The van der Waals surface area contributed by atoms with Gasteiger partial charge >= 0.3 is 0 Å². The van der Waals surface area contributed by atoms with Crippen molar-refractivity contribution in [1.82, 2.24) is 14.7 Å². The van der Waals surface area contributed by atoms with Gasteiger partial charge < -0.3 is 19.7 Å². The van der Waals surface area contributed by atoms with Gasteiger partial charge in [-0.2, -0.15) is 5.10 Å². The summed E-state index contributed by atoms with van der Waals surface area (Å²) in [5, 5.41) is 25.8. The molecule has 31 heavy (non-hydrogen) atoms. The molecule has 0 amide bonds. The van der Waals surface area contributed by atoms with Crippen molar-refractivity contribution in [3.63, 3.8) is 0 Å². The summed E-state index contributed by atoms with van der Waals surface area (Å²) in [5.41, 5.74) is 3.51. The summed E-state index contributed by atoms with van der Waals surface area (Å²) >= 11 is 0. The van der Waals surface area contributed by atoms with Gasteiger partial charge in [-0.05, 0) is 50.8 Å². The lowest BCUT2D eigenvalue weighted by Gasteiger charge is -2.31. The van der Waals surface area contributed by atoms with E-state index < -0.39 is 18.3 Å². The highest BCUT2D eigenvalue weighted by Gasteiger charge is 2.29. The minimum absolute atomic E-state index is 0.0287. The second-order valence-electron chi connectivity index (χ2n) is 8.42. The molecule has 7 heteroatoms. The van der Waals surface area contributed by atoms with Crippen LogP contribution in [-0.2, 0) is 24.2 Å². The number of ether oxygens (including phenoxy) is 2. The van der Waals surface area contributed by atoms with Gasteiger partial charge in [0.05, 0.1) is 12.3 Å². The van der Waals surface area contributed by atoms with Crippen LogP contribution in [-0.4, -0.2) is 70.0 Å². The minimum atomic E-state index is -1.04. The zero-order valence-electron chi connectivity index (χ0n) is 19.0. The van der Waals surface area contributed by atoms with Crippen molar-refractivity contribution in [3.8, 4) is 5.75 Å². The van der Waals surface area contributed by atoms with Crippen molar-refractivity contribution >= 4 is 0 Å². The number of hydrogen-bond acceptors (Lipinski definition) is 6. The number of nitrogens with zero attached hydrogens (tertiary/aromatic N) is 3. The second kappa shape index (κ2) is 11.6. The van der Waals surface area contributed by atoms with Crippen LogP contribution >= 0.6 is 0 Å². The Morgan fingerprint density at radius 2 is 2.03 bits per heavy atom. The van der Waals surface area contributed by atoms with Crippen LogP contribution in [0.4, 0.5) is 0 Å². The number of methoxy groups -OCH3 is 1. The monoisotopic (exact) mass is 431 g/mol. The molecular formula is C24H37N3O4. The molecule has 2 N–H and O–H groups in total. The molecule has 0 spiro atoms. The standard InChI is InChI=1S/C24H37N3O4/c1-4-12-27-18(2)20(14-25-27)15-26-13-8-7-10-19-9-5-6-11-22(19)31-17-21(28)24(29)23(16-26)30-3/h5-6,9,11,14,21,23-24,28-29H,4,7-8,10,12-13,15-17H2,1-3H3/t21-,23+,24-/m1/s1. The quantitative estimate of drug-likeness (QED) is 0.758. The van der Waals surface area contributed by atoms with Crippen molar-refractivity contribution in [2.24, 2.45) is 0 Å². The molecule has 0 aliphatic carbocycles. The summed E-state index contributed by atoms with van der Waals surface area (Å²) in [5.74, 6) is 0.776. The predicted octanol–water partition coefficient (Wildman–Crippen LogP) is 2.56. The summed E-state index contributed by atoms with van der Waals surface area (Å²) < 4.78 is 13.5. The highest BCUT2D eigenvalue weighted by Crippen LogP contribution is 2.22. The zero-order valence-corrected chi connectivity index (χ0v) is 19.0. The van der Waals surface area contributed by atoms with Gasteiger partial charge in [0.1, 0.15) is 24.6 Å². The van der Waals surface area contributed by atoms with Gasteiger partial charge in [-0.1, -0.05) is 25.1 Å². The Hall–Kier alpha value is -1.93. The number of aryl methyl sites for hydroxylation is 2. The maximum Gasteiger partial charge on any atom is 0.122 e. The van der Waals surface area contributed by atoms with E-state index in [1.54, 1.807) is 7.11 Å². The van der Waals surface area contributed by atoms with Gasteiger partial charge in [-0.25, -0.2) is 0 Å². The van der Waals surface area contributed by atoms with E-state index in [1.807, 2.05) is 24.4 Å². The lowest BCUT2D eigenvalue weighted by molar-refractivity contribution is -0.0955. The summed E-state index contributed by atoms with van der Waals surface area (Å²) in [6.45, 7) is 7.35. The fraction of sp³-hybridized carbons (Fsp3) is 0.625. The zero-order chi connectivity index (χ0) is 22.2. The topological polar surface area (TPSA) is 80.0 Å². The van der Waals surface area contributed by atoms with Crippen molar-refractivity contribution in [3.05, 3.63) is 47.3 Å². The van der Waals surface area contributed by atoms with Crippen LogP contribution in [0.1, 0.15) is 43.0 Å². The average Bonchev–Trinajstić information content (AvgIpc) is 3.12. The molecule has 172 valence electrons. The van der Waals surface area contributed by atoms with Gasteiger partial charge in [0, 0.05) is 38.0 Å². The smallest absolute Gasteiger partial charge is 0.122 e. The van der Waals surface area contributed by atoms with E-state index >= 15 is 0 Å². The number of aromatic nitrogens is 2. The number of para-hydroxylation sites is 1. The first kappa shape index (κ1) is 23.7. The lowest BCUT2D eigenvalue weighted by atomic mass is 10.1. The van der Waals surface area contributed by atoms with E-state index in [0.717, 1.165) is 56.6 Å². The highest BCUT2D eigenvalue weighted by molar-refractivity contribution is 5.33. The Morgan fingerprint density at radius 1 is 1.23 bits per heavy atom. The summed E-state index contributed by atoms with van der Waals surface area (Å²) in [7, 11) is 1.58. The van der Waals surface area contributed by atoms with Crippen molar-refractivity contribution in [1.29, 1.82) is 0 Å². The predicted molar refractivity (Wildman–Crippen MR) is 120 cm³/mol. The van der Waals surface area contributed by atoms with E-state index in [1.165, 1.54) is 11.3 Å². The van der Waals surface area contributed by atoms with E-state index in [9.17, 15) is 10.2 Å². The summed E-state index contributed by atoms with van der Waals surface area (Å²) in [4.78, 5) is 2.30. The molecule has 0 unspecified atom stereocenters. The van der Waals surface area contributed by atoms with Gasteiger partial charge in [0.15, 0.2) is 0 Å². The van der Waals surface area contributed by atoms with E-state index in [-0.39, 0.29) is 6.61 Å². The van der Waals surface area contributed by atoms with Crippen molar-refractivity contribution in [2.75, 3.05) is 26.8 Å². The molecule has 0 saturated heterocycles. The molecule has 7 nitrogen and oxygen atoms in total. The van der Waals surface area contributed by atoms with Crippen LogP contribution in [0.5, 0.6) is 5.75 Å². The molecule has 0 radical (unpaired) electrons. The molecule has 1 aliphatic rings. The van der Waals surface area contributed by atoms with E-state index in [4.69, 9.17) is 9.47 Å². The maximum absolute atomic E-state index is 10.8. The van der Waals surface area contributed by atoms with Crippen LogP contribution in [0.3, 0.4) is 0 Å². The highest BCUT2D eigenvalue weighted by atomic mass is 16.5. The Labute approximate surface area is 185 Å². The lowest BCUT2D eigenvalue weighted by Crippen LogP contribution is -2.47. The third kappa shape index (κ3) is 6.29. The van der Waals surface area contributed by atoms with Crippen LogP contribution in [0.2, 0.25) is 0 Å². The van der Waals surface area contributed by atoms with Crippen molar-refractivity contribution < 1.29 is 19.7 Å². The molecule has 2 heterocycles. The third-order valence-electron chi connectivity index (χ3n) is 6.10. The fourth-order valence-corrected chi connectivity index (χ4v) is 4.15. The molecule has 3 rings (SSSR count). The Balaban J connectivity index is 1.77. The largest absolute Gasteiger partial charge is 0.491 e. The third-order valence-corrected chi connectivity index (χ3v) is 6.10. The van der Waals surface area contributed by atoms with E-state index in [2.05, 4.69) is 34.6 Å². The number of hydrogen-bond donors (Lipinski definition) is 2. The second-order valence-corrected chi connectivity index (χ2v) is 8.42. The molecule has 1 aliphatic heterocycles. The normalized spacial score (nSPS) is 23.8. The molecule has 0 saturated carbocycles. The Kier molecular flexibility index (Phi) is 8.90. The van der Waals surface area contributed by atoms with Gasteiger partial charge in [0.25, 0.3) is 0 Å². The van der Waals surface area contributed by atoms with E-state index in [0.29, 0.717) is 6.54 Å². The minimum Gasteiger partial charge on any atom is -0.491 e.